The van der Waals surface area contributed by atoms with E-state index in [9.17, 15) is 4.79 Å². The van der Waals surface area contributed by atoms with Gasteiger partial charge in [-0.3, -0.25) is 0 Å². The zero-order chi connectivity index (χ0) is 11.6. The van der Waals surface area contributed by atoms with Gasteiger partial charge in [0, 0.05) is 21.1 Å². The van der Waals surface area contributed by atoms with E-state index in [1.54, 1.807) is 33.0 Å². The second-order valence-electron chi connectivity index (χ2n) is 3.28. The Morgan fingerprint density at radius 1 is 1.40 bits per heavy atom. The number of carboxylic acid groups (broad SMARTS) is 1. The van der Waals surface area contributed by atoms with Crippen LogP contribution in [0, 0.1) is 6.92 Å². The highest BCUT2D eigenvalue weighted by Gasteiger charge is 2.16. The summed E-state index contributed by atoms with van der Waals surface area (Å²) in [7, 11) is 5.20. The molecule has 0 amide bonds. The number of carboxylic acids is 1. The van der Waals surface area contributed by atoms with Crippen LogP contribution in [-0.4, -0.2) is 42.2 Å². The summed E-state index contributed by atoms with van der Waals surface area (Å²) in [5.74, 6) is -0.244. The lowest BCUT2D eigenvalue weighted by molar-refractivity contribution is 0.0691. The van der Waals surface area contributed by atoms with E-state index < -0.39 is 5.97 Å². The molecule has 0 aliphatic heterocycles. The van der Waals surface area contributed by atoms with Gasteiger partial charge < -0.3 is 15.3 Å². The molecular weight excluding hydrogens is 196 g/mol. The summed E-state index contributed by atoms with van der Waals surface area (Å²) in [6.45, 7) is 1.79. The molecule has 0 aliphatic carbocycles. The van der Waals surface area contributed by atoms with Crippen LogP contribution in [-0.2, 0) is 0 Å². The maximum atomic E-state index is 10.9. The first-order valence-electron chi connectivity index (χ1n) is 4.44. The Labute approximate surface area is 88.0 Å². The molecule has 2 N–H and O–H groups in total. The van der Waals surface area contributed by atoms with Crippen LogP contribution in [0.15, 0.2) is 0 Å². The molecule has 1 aromatic rings. The Kier molecular flexibility index (Phi) is 3.08. The molecule has 15 heavy (non-hydrogen) atoms. The normalized spacial score (nSPS) is 9.87. The molecule has 0 radical (unpaired) electrons. The van der Waals surface area contributed by atoms with E-state index in [-0.39, 0.29) is 11.5 Å². The number of rotatable bonds is 3. The van der Waals surface area contributed by atoms with Gasteiger partial charge in [-0.25, -0.2) is 14.8 Å². The molecule has 82 valence electrons. The van der Waals surface area contributed by atoms with Gasteiger partial charge >= 0.3 is 5.97 Å². The third-order valence-corrected chi connectivity index (χ3v) is 1.91. The lowest BCUT2D eigenvalue weighted by Crippen LogP contribution is -2.17. The van der Waals surface area contributed by atoms with E-state index in [4.69, 9.17) is 5.11 Å². The Hall–Kier alpha value is -1.85. The summed E-state index contributed by atoms with van der Waals surface area (Å²) in [6.07, 6.45) is 0. The molecule has 0 saturated heterocycles. The zero-order valence-electron chi connectivity index (χ0n) is 9.20. The van der Waals surface area contributed by atoms with Gasteiger partial charge in [0.2, 0.25) is 0 Å². The van der Waals surface area contributed by atoms with Crippen LogP contribution in [0.4, 0.5) is 11.6 Å². The highest BCUT2D eigenvalue weighted by molar-refractivity contribution is 5.91. The summed E-state index contributed by atoms with van der Waals surface area (Å²) in [5.41, 5.74) is 0.626. The molecule has 1 aromatic heterocycles. The van der Waals surface area contributed by atoms with Crippen LogP contribution < -0.4 is 10.2 Å². The molecule has 0 spiro atoms. The molecule has 0 fully saturated rings. The van der Waals surface area contributed by atoms with Gasteiger partial charge in [0.1, 0.15) is 0 Å². The highest BCUT2D eigenvalue weighted by Crippen LogP contribution is 2.18. The van der Waals surface area contributed by atoms with Crippen molar-refractivity contribution in [2.75, 3.05) is 31.4 Å². The summed E-state index contributed by atoms with van der Waals surface area (Å²) >= 11 is 0. The van der Waals surface area contributed by atoms with E-state index in [1.807, 2.05) is 0 Å². The monoisotopic (exact) mass is 210 g/mol. The lowest BCUT2D eigenvalue weighted by atomic mass is 10.3. The van der Waals surface area contributed by atoms with E-state index in [1.165, 1.54) is 0 Å². The number of hydrogen-bond acceptors (Lipinski definition) is 5. The summed E-state index contributed by atoms with van der Waals surface area (Å²) in [6, 6.07) is 0. The second kappa shape index (κ2) is 4.12. The van der Waals surface area contributed by atoms with Gasteiger partial charge in [0.15, 0.2) is 17.3 Å². The number of nitrogens with zero attached hydrogens (tertiary/aromatic N) is 3. The molecule has 0 unspecified atom stereocenters. The number of hydrogen-bond donors (Lipinski definition) is 2. The topological polar surface area (TPSA) is 78.4 Å². The van der Waals surface area contributed by atoms with Gasteiger partial charge in [-0.2, -0.15) is 0 Å². The predicted molar refractivity (Wildman–Crippen MR) is 57.6 cm³/mol. The Bertz CT molecular complexity index is 390. The summed E-state index contributed by atoms with van der Waals surface area (Å²) in [5, 5.41) is 11.6. The Balaban J connectivity index is 3.37. The van der Waals surface area contributed by atoms with Crippen LogP contribution in [0.5, 0.6) is 0 Å². The quantitative estimate of drug-likeness (QED) is 0.760. The number of aromatic carboxylic acids is 1. The molecule has 1 rings (SSSR count). The van der Waals surface area contributed by atoms with Crippen LogP contribution in [0.3, 0.4) is 0 Å². The minimum absolute atomic E-state index is 0.0631. The number of anilines is 2. The number of aromatic nitrogens is 2. The maximum absolute atomic E-state index is 10.9. The number of aryl methyl sites for hydroxylation is 1. The van der Waals surface area contributed by atoms with Gasteiger partial charge in [-0.05, 0) is 6.92 Å². The van der Waals surface area contributed by atoms with Crippen molar-refractivity contribution >= 4 is 17.6 Å². The second-order valence-corrected chi connectivity index (χ2v) is 3.28. The van der Waals surface area contributed by atoms with Gasteiger partial charge in [-0.1, -0.05) is 0 Å². The van der Waals surface area contributed by atoms with E-state index >= 15 is 0 Å². The van der Waals surface area contributed by atoms with Crippen molar-refractivity contribution in [2.24, 2.45) is 0 Å². The zero-order valence-corrected chi connectivity index (χ0v) is 9.20. The van der Waals surface area contributed by atoms with Gasteiger partial charge in [0.05, 0.1) is 5.69 Å². The molecule has 1 heterocycles. The average Bonchev–Trinajstić information content (AvgIpc) is 2.16. The van der Waals surface area contributed by atoms with Crippen LogP contribution >= 0.6 is 0 Å². The predicted octanol–water partition coefficient (Wildman–Crippen LogP) is 0.591. The van der Waals surface area contributed by atoms with Crippen molar-refractivity contribution in [3.63, 3.8) is 0 Å². The van der Waals surface area contributed by atoms with Crippen LogP contribution in [0.25, 0.3) is 0 Å². The molecule has 0 aromatic carbocycles. The van der Waals surface area contributed by atoms with Crippen LogP contribution in [0.1, 0.15) is 16.2 Å². The van der Waals surface area contributed by atoms with Crippen LogP contribution in [0.2, 0.25) is 0 Å². The van der Waals surface area contributed by atoms with Crippen molar-refractivity contribution in [1.29, 1.82) is 0 Å². The van der Waals surface area contributed by atoms with E-state index in [0.717, 1.165) is 0 Å². The maximum Gasteiger partial charge on any atom is 0.358 e. The summed E-state index contributed by atoms with van der Waals surface area (Å²) in [4.78, 5) is 20.8. The summed E-state index contributed by atoms with van der Waals surface area (Å²) < 4.78 is 0. The third kappa shape index (κ3) is 2.15. The lowest BCUT2D eigenvalue weighted by Gasteiger charge is -2.15. The fourth-order valence-electron chi connectivity index (χ4n) is 1.26. The Morgan fingerprint density at radius 3 is 2.40 bits per heavy atom. The molecular formula is C9H14N4O2. The van der Waals surface area contributed by atoms with E-state index in [2.05, 4.69) is 15.3 Å². The fraction of sp³-hybridized carbons (Fsp3) is 0.444. The number of nitrogens with one attached hydrogen (secondary N) is 1. The molecule has 0 atom stereocenters. The van der Waals surface area contributed by atoms with Gasteiger partial charge in [0.25, 0.3) is 0 Å². The van der Waals surface area contributed by atoms with E-state index in [0.29, 0.717) is 11.5 Å². The first-order valence-corrected chi connectivity index (χ1v) is 4.44. The molecule has 0 saturated carbocycles. The van der Waals surface area contributed by atoms with Crippen molar-refractivity contribution < 1.29 is 9.90 Å². The standard InChI is InChI=1S/C9H14N4O2/c1-5-8(13(3)4)12-6(9(14)15)7(10-2)11-5/h1-4H3,(H,10,11)(H,14,15). The molecule has 0 bridgehead atoms. The fourth-order valence-corrected chi connectivity index (χ4v) is 1.26. The highest BCUT2D eigenvalue weighted by atomic mass is 16.4. The average molecular weight is 210 g/mol. The molecule has 0 aliphatic rings. The Morgan fingerprint density at radius 2 is 2.00 bits per heavy atom. The van der Waals surface area contributed by atoms with Crippen molar-refractivity contribution in [1.82, 2.24) is 9.97 Å². The first kappa shape index (κ1) is 11.2. The van der Waals surface area contributed by atoms with Crippen molar-refractivity contribution in [2.45, 2.75) is 6.92 Å². The van der Waals surface area contributed by atoms with Gasteiger partial charge in [-0.15, -0.1) is 0 Å². The third-order valence-electron chi connectivity index (χ3n) is 1.91. The number of carbonyl (C=O) groups is 1. The minimum Gasteiger partial charge on any atom is -0.476 e. The largest absolute Gasteiger partial charge is 0.476 e. The SMILES string of the molecule is CNc1nc(C)c(N(C)C)nc1C(=O)O. The molecule has 6 nitrogen and oxygen atoms in total. The molecule has 6 heteroatoms. The first-order chi connectivity index (χ1) is 6.97. The van der Waals surface area contributed by atoms with Crippen molar-refractivity contribution in [3.8, 4) is 0 Å². The van der Waals surface area contributed by atoms with Crippen molar-refractivity contribution in [3.05, 3.63) is 11.4 Å². The minimum atomic E-state index is -1.09. The smallest absolute Gasteiger partial charge is 0.358 e.